The second kappa shape index (κ2) is 10.3. The van der Waals surface area contributed by atoms with E-state index >= 15 is 0 Å². The van der Waals surface area contributed by atoms with Crippen molar-refractivity contribution in [1.82, 2.24) is 4.31 Å². The van der Waals surface area contributed by atoms with Gasteiger partial charge in [-0.25, -0.2) is 8.42 Å². The fourth-order valence-corrected chi connectivity index (χ4v) is 4.83. The zero-order valence-corrected chi connectivity index (χ0v) is 18.4. The molecule has 1 amide bonds. The number of sulfonamides is 1. The fraction of sp³-hybridized carbons (Fsp3) is 0.364. The van der Waals surface area contributed by atoms with E-state index in [1.165, 1.54) is 16.4 Å². The molecule has 1 aliphatic rings. The number of carbonyl (C=O) groups excluding carboxylic acids is 2. The minimum atomic E-state index is -4.47. The summed E-state index contributed by atoms with van der Waals surface area (Å²) >= 11 is 0. The molecule has 178 valence electrons. The molecule has 1 fully saturated rings. The van der Waals surface area contributed by atoms with E-state index in [9.17, 15) is 31.2 Å². The summed E-state index contributed by atoms with van der Waals surface area (Å²) in [5.41, 5.74) is 0.0446. The molecule has 0 unspecified atom stereocenters. The molecular weight excluding hydrogens is 461 g/mol. The van der Waals surface area contributed by atoms with Crippen LogP contribution >= 0.6 is 0 Å². The molecule has 0 radical (unpaired) electrons. The van der Waals surface area contributed by atoms with Crippen LogP contribution in [0.15, 0.2) is 53.4 Å². The van der Waals surface area contributed by atoms with Gasteiger partial charge < -0.3 is 10.1 Å². The molecule has 3 rings (SSSR count). The minimum absolute atomic E-state index is 0.0220. The van der Waals surface area contributed by atoms with Crippen LogP contribution in [-0.4, -0.2) is 44.3 Å². The average molecular weight is 484 g/mol. The molecule has 1 N–H and O–H groups in total. The van der Waals surface area contributed by atoms with Crippen molar-refractivity contribution in [2.24, 2.45) is 0 Å². The number of hydrogen-bond acceptors (Lipinski definition) is 5. The van der Waals surface area contributed by atoms with Crippen molar-refractivity contribution in [3.63, 3.8) is 0 Å². The monoisotopic (exact) mass is 484 g/mol. The number of ether oxygens (including phenoxy) is 1. The van der Waals surface area contributed by atoms with Gasteiger partial charge in [-0.15, -0.1) is 0 Å². The third-order valence-electron chi connectivity index (χ3n) is 5.10. The molecular formula is C22H23F3N2O5S. The number of aryl methyl sites for hydroxylation is 1. The molecule has 0 aromatic heterocycles. The topological polar surface area (TPSA) is 92.8 Å². The van der Waals surface area contributed by atoms with Gasteiger partial charge in [-0.1, -0.05) is 12.1 Å². The lowest BCUT2D eigenvalue weighted by Gasteiger charge is -2.15. The number of esters is 1. The van der Waals surface area contributed by atoms with Crippen molar-refractivity contribution in [2.75, 3.05) is 25.0 Å². The van der Waals surface area contributed by atoms with Crippen LogP contribution in [0, 0.1) is 0 Å². The highest BCUT2D eigenvalue weighted by molar-refractivity contribution is 7.89. The van der Waals surface area contributed by atoms with Gasteiger partial charge in [-0.2, -0.15) is 17.5 Å². The molecule has 2 aromatic rings. The number of carbonyl (C=O) groups is 2. The molecule has 33 heavy (non-hydrogen) atoms. The predicted molar refractivity (Wildman–Crippen MR) is 114 cm³/mol. The molecule has 11 heteroatoms. The van der Waals surface area contributed by atoms with E-state index < -0.39 is 40.2 Å². The summed E-state index contributed by atoms with van der Waals surface area (Å²) in [5.74, 6) is -1.31. The number of rotatable bonds is 8. The number of amides is 1. The van der Waals surface area contributed by atoms with Crippen LogP contribution in [0.5, 0.6) is 0 Å². The van der Waals surface area contributed by atoms with Crippen LogP contribution in [0.1, 0.15) is 30.4 Å². The van der Waals surface area contributed by atoms with Crippen LogP contribution in [0.3, 0.4) is 0 Å². The molecule has 2 aromatic carbocycles. The Morgan fingerprint density at radius 2 is 1.58 bits per heavy atom. The number of benzene rings is 2. The summed E-state index contributed by atoms with van der Waals surface area (Å²) in [6.07, 6.45) is -2.50. The zero-order valence-electron chi connectivity index (χ0n) is 17.6. The van der Waals surface area contributed by atoms with Gasteiger partial charge in [0.2, 0.25) is 10.0 Å². The molecule has 0 bridgehead atoms. The first-order valence-electron chi connectivity index (χ1n) is 10.3. The Kier molecular flexibility index (Phi) is 7.75. The normalized spacial score (nSPS) is 14.8. The molecule has 1 aliphatic heterocycles. The lowest BCUT2D eigenvalue weighted by Crippen LogP contribution is -2.27. The van der Waals surface area contributed by atoms with Crippen LogP contribution in [0.2, 0.25) is 0 Å². The number of nitrogens with one attached hydrogen (secondary N) is 1. The van der Waals surface area contributed by atoms with Gasteiger partial charge in [-0.05, 0) is 61.2 Å². The maximum atomic E-state index is 12.5. The first kappa shape index (κ1) is 24.7. The second-order valence-corrected chi connectivity index (χ2v) is 9.48. The first-order chi connectivity index (χ1) is 15.6. The van der Waals surface area contributed by atoms with Crippen molar-refractivity contribution >= 4 is 27.6 Å². The van der Waals surface area contributed by atoms with Crippen molar-refractivity contribution in [3.8, 4) is 0 Å². The van der Waals surface area contributed by atoms with E-state index in [0.29, 0.717) is 19.5 Å². The fourth-order valence-electron chi connectivity index (χ4n) is 3.31. The Morgan fingerprint density at radius 3 is 2.15 bits per heavy atom. The van der Waals surface area contributed by atoms with Crippen molar-refractivity contribution in [1.29, 1.82) is 0 Å². The number of hydrogen-bond donors (Lipinski definition) is 1. The molecule has 0 saturated carbocycles. The second-order valence-electron chi connectivity index (χ2n) is 7.54. The molecule has 1 heterocycles. The number of anilines is 1. The van der Waals surface area contributed by atoms with E-state index in [0.717, 1.165) is 42.7 Å². The first-order valence-corrected chi connectivity index (χ1v) is 11.7. The molecule has 1 saturated heterocycles. The Balaban J connectivity index is 1.42. The minimum Gasteiger partial charge on any atom is -0.456 e. The number of halogens is 3. The van der Waals surface area contributed by atoms with E-state index in [1.54, 1.807) is 12.1 Å². The Morgan fingerprint density at radius 1 is 0.970 bits per heavy atom. The highest BCUT2D eigenvalue weighted by Crippen LogP contribution is 2.29. The van der Waals surface area contributed by atoms with Gasteiger partial charge in [0.25, 0.3) is 5.91 Å². The highest BCUT2D eigenvalue weighted by Gasteiger charge is 2.30. The standard InChI is InChI=1S/C22H23F3N2O5S/c23-22(24,25)17-6-8-18(9-7-17)26-20(28)15-32-21(29)12-5-16-3-10-19(11-4-16)33(30,31)27-13-1-2-14-27/h3-4,6-11H,1-2,5,12-15H2,(H,26,28). The third-order valence-corrected chi connectivity index (χ3v) is 7.02. The van der Waals surface area contributed by atoms with Gasteiger partial charge in [-0.3, -0.25) is 9.59 Å². The highest BCUT2D eigenvalue weighted by atomic mass is 32.2. The van der Waals surface area contributed by atoms with Crippen LogP contribution in [0.25, 0.3) is 0 Å². The van der Waals surface area contributed by atoms with Gasteiger partial charge in [0, 0.05) is 25.2 Å². The van der Waals surface area contributed by atoms with Crippen molar-refractivity contribution in [3.05, 3.63) is 59.7 Å². The summed E-state index contributed by atoms with van der Waals surface area (Å²) in [4.78, 5) is 23.9. The SMILES string of the molecule is O=C(COC(=O)CCc1ccc(S(=O)(=O)N2CCCC2)cc1)Nc1ccc(C(F)(F)F)cc1. The average Bonchev–Trinajstić information content (AvgIpc) is 3.32. The summed E-state index contributed by atoms with van der Waals surface area (Å²) < 4.78 is 69.0. The maximum Gasteiger partial charge on any atom is 0.416 e. The van der Waals surface area contributed by atoms with E-state index in [-0.39, 0.29) is 17.0 Å². The third kappa shape index (κ3) is 6.78. The summed E-state index contributed by atoms with van der Waals surface area (Å²) in [6.45, 7) is 0.456. The Hall–Kier alpha value is -2.92. The zero-order chi connectivity index (χ0) is 24.1. The Labute approximate surface area is 189 Å². The van der Waals surface area contributed by atoms with E-state index in [1.807, 2.05) is 0 Å². The Bertz CT molecular complexity index is 1080. The van der Waals surface area contributed by atoms with Crippen LogP contribution in [-0.2, 0) is 36.9 Å². The smallest absolute Gasteiger partial charge is 0.416 e. The van der Waals surface area contributed by atoms with E-state index in [2.05, 4.69) is 5.32 Å². The molecule has 7 nitrogen and oxygen atoms in total. The lowest BCUT2D eigenvalue weighted by atomic mass is 10.1. The summed E-state index contributed by atoms with van der Waals surface area (Å²) in [5, 5.41) is 2.35. The largest absolute Gasteiger partial charge is 0.456 e. The van der Waals surface area contributed by atoms with Gasteiger partial charge in [0.05, 0.1) is 10.5 Å². The maximum absolute atomic E-state index is 12.5. The van der Waals surface area contributed by atoms with E-state index in [4.69, 9.17) is 4.74 Å². The van der Waals surface area contributed by atoms with Gasteiger partial charge >= 0.3 is 12.1 Å². The summed E-state index contributed by atoms with van der Waals surface area (Å²) in [7, 11) is -3.50. The lowest BCUT2D eigenvalue weighted by molar-refractivity contribution is -0.147. The molecule has 0 spiro atoms. The van der Waals surface area contributed by atoms with Crippen LogP contribution < -0.4 is 5.32 Å². The summed E-state index contributed by atoms with van der Waals surface area (Å²) in [6, 6.07) is 10.2. The van der Waals surface area contributed by atoms with Crippen molar-refractivity contribution in [2.45, 2.75) is 36.8 Å². The quantitative estimate of drug-likeness (QED) is 0.578. The van der Waals surface area contributed by atoms with Crippen molar-refractivity contribution < 1.29 is 35.9 Å². The number of nitrogens with zero attached hydrogens (tertiary/aromatic N) is 1. The van der Waals surface area contributed by atoms with Gasteiger partial charge in [0.15, 0.2) is 6.61 Å². The molecule has 0 atom stereocenters. The predicted octanol–water partition coefficient (Wildman–Crippen LogP) is 3.60. The number of alkyl halides is 3. The molecule has 0 aliphatic carbocycles. The van der Waals surface area contributed by atoms with Gasteiger partial charge in [0.1, 0.15) is 0 Å². The van der Waals surface area contributed by atoms with Crippen LogP contribution in [0.4, 0.5) is 18.9 Å².